The van der Waals surface area contributed by atoms with E-state index >= 15 is 0 Å². The number of Topliss-reactive ketones (excluding diaryl/α,β-unsaturated/α-hetero) is 1. The molecule has 0 bridgehead atoms. The van der Waals surface area contributed by atoms with E-state index in [0.29, 0.717) is 16.3 Å². The Bertz CT molecular complexity index is 1210. The third-order valence-electron chi connectivity index (χ3n) is 4.31. The summed E-state index contributed by atoms with van der Waals surface area (Å²) in [6.07, 6.45) is -3.08. The molecule has 0 amide bonds. The summed E-state index contributed by atoms with van der Waals surface area (Å²) < 4.78 is 46.5. The van der Waals surface area contributed by atoms with Crippen molar-refractivity contribution in [2.75, 3.05) is 5.75 Å². The van der Waals surface area contributed by atoms with E-state index < -0.39 is 11.7 Å². The van der Waals surface area contributed by atoms with Crippen molar-refractivity contribution < 1.29 is 22.4 Å². The Morgan fingerprint density at radius 1 is 1.06 bits per heavy atom. The number of furan rings is 1. The first-order valence-electron chi connectivity index (χ1n) is 8.91. The normalized spacial score (nSPS) is 11.6. The molecule has 5 nitrogen and oxygen atoms in total. The number of halogens is 4. The lowest BCUT2D eigenvalue weighted by molar-refractivity contribution is -0.137. The average molecular weight is 464 g/mol. The molecule has 0 aliphatic carbocycles. The first-order chi connectivity index (χ1) is 14.8. The Kier molecular flexibility index (Phi) is 5.88. The molecular formula is C21H13ClF3N3O2S. The van der Waals surface area contributed by atoms with Crippen LogP contribution in [0.4, 0.5) is 13.2 Å². The number of hydrogen-bond acceptors (Lipinski definition) is 5. The number of rotatable bonds is 6. The third kappa shape index (κ3) is 4.67. The van der Waals surface area contributed by atoms with E-state index in [0.717, 1.165) is 23.9 Å². The van der Waals surface area contributed by atoms with Gasteiger partial charge in [-0.05, 0) is 54.6 Å². The van der Waals surface area contributed by atoms with Gasteiger partial charge in [0.1, 0.15) is 0 Å². The summed E-state index contributed by atoms with van der Waals surface area (Å²) >= 11 is 6.91. The van der Waals surface area contributed by atoms with Gasteiger partial charge in [0.25, 0.3) is 0 Å². The second-order valence-electron chi connectivity index (χ2n) is 6.39. The molecule has 2 aromatic heterocycles. The van der Waals surface area contributed by atoms with E-state index in [1.807, 2.05) is 0 Å². The number of thioether (sulfide) groups is 1. The molecule has 10 heteroatoms. The zero-order chi connectivity index (χ0) is 22.0. The van der Waals surface area contributed by atoms with Gasteiger partial charge in [0, 0.05) is 10.6 Å². The lowest BCUT2D eigenvalue weighted by Crippen LogP contribution is -2.08. The molecular weight excluding hydrogens is 451 g/mol. The lowest BCUT2D eigenvalue weighted by Gasteiger charge is -2.12. The average Bonchev–Trinajstić information content (AvgIpc) is 3.41. The number of ketones is 1. The van der Waals surface area contributed by atoms with Crippen LogP contribution in [0.5, 0.6) is 0 Å². The first kappa shape index (κ1) is 21.2. The predicted molar refractivity (Wildman–Crippen MR) is 111 cm³/mol. The van der Waals surface area contributed by atoms with Crippen molar-refractivity contribution in [2.45, 2.75) is 11.3 Å². The Balaban J connectivity index is 1.69. The maximum atomic E-state index is 13.2. The van der Waals surface area contributed by atoms with Gasteiger partial charge in [-0.2, -0.15) is 13.2 Å². The van der Waals surface area contributed by atoms with Crippen molar-refractivity contribution in [2.24, 2.45) is 0 Å². The van der Waals surface area contributed by atoms with Crippen LogP contribution in [0.1, 0.15) is 15.9 Å². The summed E-state index contributed by atoms with van der Waals surface area (Å²) in [4.78, 5) is 12.5. The van der Waals surface area contributed by atoms with Gasteiger partial charge < -0.3 is 4.42 Å². The van der Waals surface area contributed by atoms with Crippen LogP contribution in [-0.2, 0) is 6.18 Å². The van der Waals surface area contributed by atoms with Crippen molar-refractivity contribution in [1.29, 1.82) is 0 Å². The smallest absolute Gasteiger partial charge is 0.416 e. The first-order valence-corrected chi connectivity index (χ1v) is 10.3. The second-order valence-corrected chi connectivity index (χ2v) is 7.76. The number of alkyl halides is 3. The summed E-state index contributed by atoms with van der Waals surface area (Å²) in [7, 11) is 0. The zero-order valence-electron chi connectivity index (χ0n) is 15.6. The van der Waals surface area contributed by atoms with Gasteiger partial charge in [-0.25, -0.2) is 0 Å². The number of carbonyl (C=O) groups is 1. The van der Waals surface area contributed by atoms with Gasteiger partial charge in [0.2, 0.25) is 5.82 Å². The molecule has 31 heavy (non-hydrogen) atoms. The lowest BCUT2D eigenvalue weighted by atomic mass is 10.1. The van der Waals surface area contributed by atoms with Crippen molar-refractivity contribution in [3.63, 3.8) is 0 Å². The quantitative estimate of drug-likeness (QED) is 0.252. The van der Waals surface area contributed by atoms with E-state index in [-0.39, 0.29) is 28.2 Å². The Labute approximate surface area is 183 Å². The highest BCUT2D eigenvalue weighted by Crippen LogP contribution is 2.33. The van der Waals surface area contributed by atoms with Gasteiger partial charge >= 0.3 is 6.18 Å². The minimum Gasteiger partial charge on any atom is -0.461 e. The molecule has 0 radical (unpaired) electrons. The topological polar surface area (TPSA) is 60.9 Å². The van der Waals surface area contributed by atoms with Crippen LogP contribution in [0.2, 0.25) is 5.02 Å². The van der Waals surface area contributed by atoms with Crippen molar-refractivity contribution in [1.82, 2.24) is 14.8 Å². The molecule has 0 aliphatic rings. The van der Waals surface area contributed by atoms with E-state index in [2.05, 4.69) is 10.2 Å². The summed E-state index contributed by atoms with van der Waals surface area (Å²) in [5.41, 5.74) is -0.141. The minimum absolute atomic E-state index is 0.0108. The molecule has 0 unspecified atom stereocenters. The van der Waals surface area contributed by atoms with E-state index in [4.69, 9.17) is 16.0 Å². The van der Waals surface area contributed by atoms with Crippen molar-refractivity contribution in [3.8, 4) is 17.3 Å². The van der Waals surface area contributed by atoms with Crippen molar-refractivity contribution >= 4 is 29.1 Å². The fraction of sp³-hybridized carbons (Fsp3) is 0.0952. The maximum absolute atomic E-state index is 13.2. The van der Waals surface area contributed by atoms with Gasteiger partial charge in [-0.3, -0.25) is 9.36 Å². The molecule has 0 saturated heterocycles. The zero-order valence-corrected chi connectivity index (χ0v) is 17.2. The van der Waals surface area contributed by atoms with Crippen molar-refractivity contribution in [3.05, 3.63) is 83.1 Å². The van der Waals surface area contributed by atoms with Gasteiger partial charge in [0.15, 0.2) is 16.7 Å². The standard InChI is InChI=1S/C21H13ClF3N3O2S/c22-15-8-6-13(7-9-15)17(29)12-31-20-27-26-19(18-5-2-10-30-18)28(20)16-4-1-3-14(11-16)21(23,24)25/h1-11H,12H2. The summed E-state index contributed by atoms with van der Waals surface area (Å²) in [5.74, 6) is 0.392. The second kappa shape index (κ2) is 8.60. The minimum atomic E-state index is -4.51. The number of hydrogen-bond donors (Lipinski definition) is 0. The molecule has 0 saturated carbocycles. The van der Waals surface area contributed by atoms with Crippen LogP contribution in [0.3, 0.4) is 0 Å². The van der Waals surface area contributed by atoms with Crippen LogP contribution in [0, 0.1) is 0 Å². The molecule has 0 N–H and O–H groups in total. The van der Waals surface area contributed by atoms with Crippen LogP contribution in [-0.4, -0.2) is 26.3 Å². The molecule has 2 aromatic carbocycles. The van der Waals surface area contributed by atoms with Gasteiger partial charge in [-0.15, -0.1) is 10.2 Å². The number of nitrogens with zero attached hydrogens (tertiary/aromatic N) is 3. The summed E-state index contributed by atoms with van der Waals surface area (Å²) in [5, 5.41) is 8.93. The number of carbonyl (C=O) groups excluding carboxylic acids is 1. The Morgan fingerprint density at radius 3 is 2.52 bits per heavy atom. The fourth-order valence-electron chi connectivity index (χ4n) is 2.83. The molecule has 0 atom stereocenters. The molecule has 0 spiro atoms. The molecule has 4 aromatic rings. The fourth-order valence-corrected chi connectivity index (χ4v) is 3.80. The Hall–Kier alpha value is -3.04. The number of aromatic nitrogens is 3. The van der Waals surface area contributed by atoms with Crippen LogP contribution >= 0.6 is 23.4 Å². The predicted octanol–water partition coefficient (Wildman–Crippen LogP) is 6.17. The monoisotopic (exact) mass is 463 g/mol. The SMILES string of the molecule is O=C(CSc1nnc(-c2ccco2)n1-c1cccc(C(F)(F)F)c1)c1ccc(Cl)cc1. The van der Waals surface area contributed by atoms with Gasteiger partial charge in [0.05, 0.1) is 23.3 Å². The molecule has 0 fully saturated rings. The van der Waals surface area contributed by atoms with E-state index in [1.165, 1.54) is 23.0 Å². The molecule has 4 rings (SSSR count). The highest BCUT2D eigenvalue weighted by molar-refractivity contribution is 7.99. The third-order valence-corrected chi connectivity index (χ3v) is 5.49. The Morgan fingerprint density at radius 2 is 1.84 bits per heavy atom. The largest absolute Gasteiger partial charge is 0.461 e. The van der Waals surface area contributed by atoms with Gasteiger partial charge in [-0.1, -0.05) is 29.4 Å². The summed E-state index contributed by atoms with van der Waals surface area (Å²) in [6.45, 7) is 0. The molecule has 2 heterocycles. The summed E-state index contributed by atoms with van der Waals surface area (Å²) in [6, 6.07) is 14.5. The highest BCUT2D eigenvalue weighted by Gasteiger charge is 2.31. The van der Waals surface area contributed by atoms with Crippen LogP contribution in [0.25, 0.3) is 17.3 Å². The molecule has 158 valence electrons. The van der Waals surface area contributed by atoms with Crippen LogP contribution in [0.15, 0.2) is 76.5 Å². The van der Waals surface area contributed by atoms with E-state index in [1.54, 1.807) is 36.4 Å². The number of benzene rings is 2. The van der Waals surface area contributed by atoms with Crippen LogP contribution < -0.4 is 0 Å². The maximum Gasteiger partial charge on any atom is 0.416 e. The highest BCUT2D eigenvalue weighted by atomic mass is 35.5. The van der Waals surface area contributed by atoms with E-state index in [9.17, 15) is 18.0 Å². The molecule has 0 aliphatic heterocycles.